The molecule has 5 nitrogen and oxygen atoms in total. The topological polar surface area (TPSA) is 64.3 Å². The highest BCUT2D eigenvalue weighted by atomic mass is 79.9. The Morgan fingerprint density at radius 1 is 1.45 bits per heavy atom. The van der Waals surface area contributed by atoms with Crippen molar-refractivity contribution in [3.63, 3.8) is 0 Å². The van der Waals surface area contributed by atoms with Crippen LogP contribution in [0.2, 0.25) is 0 Å². The molecule has 1 heterocycles. The summed E-state index contributed by atoms with van der Waals surface area (Å²) in [5.41, 5.74) is 2.68. The second kappa shape index (κ2) is 5.28. The molecule has 1 fully saturated rings. The van der Waals surface area contributed by atoms with E-state index in [9.17, 15) is 4.79 Å². The lowest BCUT2D eigenvalue weighted by molar-refractivity contribution is 0.109. The first-order chi connectivity index (χ1) is 9.65. The largest absolute Gasteiger partial charge is 0.472 e. The number of aromatic nitrogens is 2. The molecular formula is C14H13BrN2O3. The SMILES string of the molecule is O=C(Br)c1cccc(C2CC2)c1COc1ccn(O)n1. The van der Waals surface area contributed by atoms with Crippen LogP contribution in [0.1, 0.15) is 40.2 Å². The van der Waals surface area contributed by atoms with Gasteiger partial charge in [-0.3, -0.25) is 4.79 Å². The number of benzene rings is 1. The Kier molecular flexibility index (Phi) is 3.48. The Bertz CT molecular complexity index is 650. The molecule has 0 aliphatic heterocycles. The fourth-order valence-corrected chi connectivity index (χ4v) is 2.62. The van der Waals surface area contributed by atoms with Crippen molar-refractivity contribution in [2.45, 2.75) is 25.4 Å². The summed E-state index contributed by atoms with van der Waals surface area (Å²) in [6.07, 6.45) is 3.69. The molecule has 2 aromatic rings. The number of ether oxygens (including phenoxy) is 1. The van der Waals surface area contributed by atoms with Crippen molar-refractivity contribution < 1.29 is 14.7 Å². The van der Waals surface area contributed by atoms with Crippen LogP contribution in [0.5, 0.6) is 5.88 Å². The van der Waals surface area contributed by atoms with Gasteiger partial charge in [0.15, 0.2) is 0 Å². The summed E-state index contributed by atoms with van der Waals surface area (Å²) >= 11 is 3.01. The zero-order valence-electron chi connectivity index (χ0n) is 10.6. The predicted molar refractivity (Wildman–Crippen MR) is 75.4 cm³/mol. The highest BCUT2D eigenvalue weighted by molar-refractivity contribution is 9.18. The average molecular weight is 337 g/mol. The molecule has 1 saturated carbocycles. The molecule has 0 radical (unpaired) electrons. The monoisotopic (exact) mass is 336 g/mol. The maximum Gasteiger partial charge on any atom is 0.236 e. The number of rotatable bonds is 5. The Morgan fingerprint density at radius 2 is 2.25 bits per heavy atom. The maximum atomic E-state index is 11.7. The third-order valence-corrected chi connectivity index (χ3v) is 3.78. The van der Waals surface area contributed by atoms with Crippen LogP contribution in [-0.2, 0) is 6.61 Å². The van der Waals surface area contributed by atoms with E-state index in [4.69, 9.17) is 9.94 Å². The van der Waals surface area contributed by atoms with E-state index in [2.05, 4.69) is 21.0 Å². The molecule has 0 bridgehead atoms. The van der Waals surface area contributed by atoms with Gasteiger partial charge in [-0.15, -0.1) is 4.85 Å². The summed E-state index contributed by atoms with van der Waals surface area (Å²) < 4.78 is 5.41. The van der Waals surface area contributed by atoms with E-state index < -0.39 is 0 Å². The first-order valence-corrected chi connectivity index (χ1v) is 7.14. The standard InChI is InChI=1S/C14H13BrN2O3/c15-14(18)11-3-1-2-10(9-4-5-9)12(11)8-20-13-6-7-17(19)16-13/h1-3,6-7,9,19H,4-5,8H2. The van der Waals surface area contributed by atoms with E-state index in [1.807, 2.05) is 12.1 Å². The van der Waals surface area contributed by atoms with Gasteiger partial charge >= 0.3 is 0 Å². The molecular weight excluding hydrogens is 324 g/mol. The Hall–Kier alpha value is -1.82. The minimum atomic E-state index is -0.147. The number of carbonyl (C=O) groups excluding carboxylic acids is 1. The molecule has 3 rings (SSSR count). The summed E-state index contributed by atoms with van der Waals surface area (Å²) in [4.78, 5) is 12.4. The average Bonchev–Trinajstić information content (AvgIpc) is 3.19. The lowest BCUT2D eigenvalue weighted by Gasteiger charge is -2.12. The first-order valence-electron chi connectivity index (χ1n) is 6.34. The van der Waals surface area contributed by atoms with Crippen molar-refractivity contribution in [3.8, 4) is 5.88 Å². The molecule has 0 atom stereocenters. The molecule has 104 valence electrons. The number of hydrogen-bond acceptors (Lipinski definition) is 4. The number of carbonyl (C=O) groups is 1. The lowest BCUT2D eigenvalue weighted by Crippen LogP contribution is -2.06. The van der Waals surface area contributed by atoms with Crippen LogP contribution < -0.4 is 4.74 Å². The molecule has 6 heteroatoms. The van der Waals surface area contributed by atoms with Gasteiger partial charge in [0.25, 0.3) is 0 Å². The molecule has 1 N–H and O–H groups in total. The second-order valence-corrected chi connectivity index (χ2v) is 5.50. The maximum absolute atomic E-state index is 11.7. The number of halogens is 1. The van der Waals surface area contributed by atoms with Crippen LogP contribution in [0.3, 0.4) is 0 Å². The van der Waals surface area contributed by atoms with Crippen molar-refractivity contribution in [1.29, 1.82) is 0 Å². The van der Waals surface area contributed by atoms with Gasteiger partial charge in [-0.25, -0.2) is 0 Å². The van der Waals surface area contributed by atoms with Crippen LogP contribution in [0.25, 0.3) is 0 Å². The second-order valence-electron chi connectivity index (χ2n) is 4.78. The van der Waals surface area contributed by atoms with E-state index in [0.717, 1.165) is 18.4 Å². The minimum Gasteiger partial charge on any atom is -0.472 e. The van der Waals surface area contributed by atoms with Gasteiger partial charge in [0.2, 0.25) is 10.6 Å². The van der Waals surface area contributed by atoms with Crippen molar-refractivity contribution in [2.24, 2.45) is 0 Å². The Balaban J connectivity index is 1.87. The normalized spacial score (nSPS) is 14.2. The van der Waals surface area contributed by atoms with Crippen LogP contribution in [-0.4, -0.2) is 19.8 Å². The number of hydrogen-bond donors (Lipinski definition) is 1. The van der Waals surface area contributed by atoms with Gasteiger partial charge in [-0.05, 0) is 40.3 Å². The van der Waals surface area contributed by atoms with Gasteiger partial charge < -0.3 is 9.94 Å². The fraction of sp³-hybridized carbons (Fsp3) is 0.286. The van der Waals surface area contributed by atoms with E-state index in [1.165, 1.54) is 11.8 Å². The highest BCUT2D eigenvalue weighted by Crippen LogP contribution is 2.42. The molecule has 1 aliphatic rings. The molecule has 0 amide bonds. The number of nitrogens with zero attached hydrogens (tertiary/aromatic N) is 2. The van der Waals surface area contributed by atoms with E-state index in [0.29, 0.717) is 22.2 Å². The molecule has 0 saturated heterocycles. The van der Waals surface area contributed by atoms with Crippen LogP contribution in [0.4, 0.5) is 0 Å². The molecule has 1 aromatic carbocycles. The van der Waals surface area contributed by atoms with Crippen molar-refractivity contribution in [1.82, 2.24) is 9.94 Å². The molecule has 0 unspecified atom stereocenters. The zero-order chi connectivity index (χ0) is 14.1. The summed E-state index contributed by atoms with van der Waals surface area (Å²) in [6, 6.07) is 7.29. The van der Waals surface area contributed by atoms with Gasteiger partial charge in [-0.2, -0.15) is 0 Å². The highest BCUT2D eigenvalue weighted by Gasteiger charge is 2.28. The predicted octanol–water partition coefficient (Wildman–Crippen LogP) is 3.11. The van der Waals surface area contributed by atoms with E-state index >= 15 is 0 Å². The summed E-state index contributed by atoms with van der Waals surface area (Å²) in [5, 5.41) is 12.9. The van der Waals surface area contributed by atoms with Crippen LogP contribution in [0.15, 0.2) is 30.5 Å². The first kappa shape index (κ1) is 13.2. The molecule has 0 spiro atoms. The van der Waals surface area contributed by atoms with Crippen molar-refractivity contribution >= 4 is 20.6 Å². The van der Waals surface area contributed by atoms with Gasteiger partial charge in [-0.1, -0.05) is 23.3 Å². The molecule has 20 heavy (non-hydrogen) atoms. The summed E-state index contributed by atoms with van der Waals surface area (Å²) in [7, 11) is 0. The lowest BCUT2D eigenvalue weighted by atomic mass is 9.99. The molecule has 1 aliphatic carbocycles. The van der Waals surface area contributed by atoms with Gasteiger partial charge in [0.05, 0.1) is 6.20 Å². The van der Waals surface area contributed by atoms with Crippen LogP contribution >= 0.6 is 15.9 Å². The Morgan fingerprint density at radius 3 is 2.85 bits per heavy atom. The third kappa shape index (κ3) is 2.70. The molecule has 1 aromatic heterocycles. The smallest absolute Gasteiger partial charge is 0.236 e. The van der Waals surface area contributed by atoms with Gasteiger partial charge in [0.1, 0.15) is 6.61 Å². The van der Waals surface area contributed by atoms with Gasteiger partial charge in [0, 0.05) is 17.2 Å². The zero-order valence-corrected chi connectivity index (χ0v) is 12.2. The van der Waals surface area contributed by atoms with E-state index in [1.54, 1.807) is 12.1 Å². The summed E-state index contributed by atoms with van der Waals surface area (Å²) in [5.74, 6) is 0.849. The van der Waals surface area contributed by atoms with Crippen LogP contribution in [0, 0.1) is 0 Å². The Labute approximate surface area is 124 Å². The third-order valence-electron chi connectivity index (χ3n) is 3.36. The van der Waals surface area contributed by atoms with Crippen molar-refractivity contribution in [3.05, 3.63) is 47.2 Å². The summed E-state index contributed by atoms with van der Waals surface area (Å²) in [6.45, 7) is 0.260. The van der Waals surface area contributed by atoms with E-state index in [-0.39, 0.29) is 11.3 Å². The fourth-order valence-electron chi connectivity index (χ4n) is 2.25. The quantitative estimate of drug-likeness (QED) is 0.673. The minimum absolute atomic E-state index is 0.147. The van der Waals surface area contributed by atoms with Crippen molar-refractivity contribution in [2.75, 3.05) is 0 Å².